The summed E-state index contributed by atoms with van der Waals surface area (Å²) in [5.74, 6) is -1.24. The Kier molecular flexibility index (Phi) is 11.7. The van der Waals surface area contributed by atoms with Gasteiger partial charge < -0.3 is 10.2 Å². The number of amides is 2. The third-order valence-electron chi connectivity index (χ3n) is 6.69. The molecule has 0 aliphatic heterocycles. The van der Waals surface area contributed by atoms with Crippen molar-refractivity contribution in [1.82, 2.24) is 10.2 Å². The molecule has 43 heavy (non-hydrogen) atoms. The fourth-order valence-corrected chi connectivity index (χ4v) is 6.05. The molecule has 0 aliphatic carbocycles. The van der Waals surface area contributed by atoms with E-state index in [1.165, 1.54) is 24.0 Å². The highest BCUT2D eigenvalue weighted by Crippen LogP contribution is 2.38. The summed E-state index contributed by atoms with van der Waals surface area (Å²) in [5, 5.41) is 2.16. The van der Waals surface area contributed by atoms with Crippen LogP contribution in [-0.2, 0) is 32.3 Å². The molecular formula is C30H32BrClF3N3O4S. The minimum absolute atomic E-state index is 0.0542. The van der Waals surface area contributed by atoms with E-state index in [1.54, 1.807) is 43.3 Å². The molecule has 0 aliphatic rings. The third-order valence-corrected chi connectivity index (χ3v) is 9.34. The Balaban J connectivity index is 2.09. The van der Waals surface area contributed by atoms with Crippen molar-refractivity contribution in [3.05, 3.63) is 92.9 Å². The number of aryl methyl sites for hydroxylation is 1. The highest BCUT2D eigenvalue weighted by molar-refractivity contribution is 9.10. The van der Waals surface area contributed by atoms with Gasteiger partial charge in [-0.25, -0.2) is 8.42 Å². The van der Waals surface area contributed by atoms with E-state index >= 15 is 0 Å². The summed E-state index contributed by atoms with van der Waals surface area (Å²) in [5.41, 5.74) is -0.243. The van der Waals surface area contributed by atoms with Gasteiger partial charge in [0.25, 0.3) is 10.0 Å². The van der Waals surface area contributed by atoms with Crippen LogP contribution in [0.5, 0.6) is 0 Å². The molecule has 0 aromatic heterocycles. The van der Waals surface area contributed by atoms with Crippen LogP contribution in [0.15, 0.2) is 76.1 Å². The highest BCUT2D eigenvalue weighted by Gasteiger charge is 2.37. The van der Waals surface area contributed by atoms with Crippen LogP contribution in [0.3, 0.4) is 0 Å². The van der Waals surface area contributed by atoms with Crippen molar-refractivity contribution in [2.45, 2.75) is 57.3 Å². The number of hydrogen-bond donors (Lipinski definition) is 1. The second-order valence-electron chi connectivity index (χ2n) is 9.96. The molecule has 0 spiro atoms. The van der Waals surface area contributed by atoms with Crippen molar-refractivity contribution in [1.29, 1.82) is 0 Å². The Morgan fingerprint density at radius 2 is 1.65 bits per heavy atom. The zero-order valence-corrected chi connectivity index (χ0v) is 26.9. The van der Waals surface area contributed by atoms with Gasteiger partial charge in [-0.1, -0.05) is 70.7 Å². The first-order valence-corrected chi connectivity index (χ1v) is 16.0. The van der Waals surface area contributed by atoms with Crippen LogP contribution >= 0.6 is 27.5 Å². The lowest BCUT2D eigenvalue weighted by molar-refractivity contribution is -0.139. The van der Waals surface area contributed by atoms with E-state index < -0.39 is 56.9 Å². The van der Waals surface area contributed by atoms with Crippen molar-refractivity contribution in [3.8, 4) is 0 Å². The van der Waals surface area contributed by atoms with Gasteiger partial charge in [0.2, 0.25) is 11.8 Å². The molecule has 3 rings (SSSR count). The Morgan fingerprint density at radius 1 is 1.02 bits per heavy atom. The zero-order chi connectivity index (χ0) is 31.9. The van der Waals surface area contributed by atoms with Gasteiger partial charge in [0, 0.05) is 17.6 Å². The first-order valence-electron chi connectivity index (χ1n) is 13.4. The lowest BCUT2D eigenvalue weighted by Crippen LogP contribution is -2.51. The van der Waals surface area contributed by atoms with E-state index in [9.17, 15) is 31.2 Å². The molecule has 0 heterocycles. The fourth-order valence-electron chi connectivity index (χ4n) is 4.16. The van der Waals surface area contributed by atoms with Crippen molar-refractivity contribution in [2.75, 3.05) is 17.4 Å². The number of unbranched alkanes of at least 4 members (excludes halogenated alkanes) is 1. The maximum Gasteiger partial charge on any atom is 0.417 e. The smallest absolute Gasteiger partial charge is 0.354 e. The van der Waals surface area contributed by atoms with Crippen molar-refractivity contribution >= 4 is 55.1 Å². The third kappa shape index (κ3) is 8.96. The fraction of sp³-hybridized carbons (Fsp3) is 0.333. The summed E-state index contributed by atoms with van der Waals surface area (Å²) in [6.07, 6.45) is -3.32. The molecule has 0 unspecified atom stereocenters. The van der Waals surface area contributed by atoms with Crippen molar-refractivity contribution < 1.29 is 31.2 Å². The molecule has 3 aromatic rings. The number of alkyl halides is 3. The van der Waals surface area contributed by atoms with E-state index in [1.807, 2.05) is 6.92 Å². The number of carbonyl (C=O) groups is 2. The summed E-state index contributed by atoms with van der Waals surface area (Å²) < 4.78 is 70.5. The second-order valence-corrected chi connectivity index (χ2v) is 13.1. The van der Waals surface area contributed by atoms with E-state index in [0.29, 0.717) is 22.5 Å². The molecule has 0 saturated heterocycles. The monoisotopic (exact) mass is 701 g/mol. The molecule has 1 N–H and O–H groups in total. The van der Waals surface area contributed by atoms with Gasteiger partial charge >= 0.3 is 6.18 Å². The Hall–Kier alpha value is -3.09. The first kappa shape index (κ1) is 34.4. The van der Waals surface area contributed by atoms with Crippen LogP contribution in [0.4, 0.5) is 18.9 Å². The van der Waals surface area contributed by atoms with Crippen LogP contribution in [0.1, 0.15) is 43.4 Å². The van der Waals surface area contributed by atoms with E-state index in [4.69, 9.17) is 11.6 Å². The average molecular weight is 703 g/mol. The number of anilines is 1. The molecule has 232 valence electrons. The quantitative estimate of drug-likeness (QED) is 0.207. The molecule has 13 heteroatoms. The largest absolute Gasteiger partial charge is 0.417 e. The molecule has 3 aromatic carbocycles. The summed E-state index contributed by atoms with van der Waals surface area (Å²) in [7, 11) is -4.55. The predicted molar refractivity (Wildman–Crippen MR) is 164 cm³/mol. The number of nitrogens with zero attached hydrogens (tertiary/aromatic N) is 2. The van der Waals surface area contributed by atoms with E-state index in [2.05, 4.69) is 21.2 Å². The molecular weight excluding hydrogens is 671 g/mol. The number of sulfonamides is 1. The highest BCUT2D eigenvalue weighted by atomic mass is 79.9. The van der Waals surface area contributed by atoms with Crippen LogP contribution in [-0.4, -0.2) is 44.3 Å². The summed E-state index contributed by atoms with van der Waals surface area (Å²) in [6, 6.07) is 14.3. The molecule has 0 bridgehead atoms. The SMILES string of the molecule is CCCCNC(=O)[C@H](C)N(Cc1ccc(Br)cc1)C(=O)CN(c1ccc(Cl)c(C(F)(F)F)c1)S(=O)(=O)c1ccc(C)cc1. The van der Waals surface area contributed by atoms with E-state index in [0.717, 1.165) is 35.0 Å². The average Bonchev–Trinajstić information content (AvgIpc) is 2.95. The maximum atomic E-state index is 13.9. The minimum Gasteiger partial charge on any atom is -0.354 e. The number of carbonyl (C=O) groups excluding carboxylic acids is 2. The summed E-state index contributed by atoms with van der Waals surface area (Å²) >= 11 is 9.16. The van der Waals surface area contributed by atoms with Gasteiger partial charge in [-0.15, -0.1) is 0 Å². The summed E-state index contributed by atoms with van der Waals surface area (Å²) in [4.78, 5) is 27.9. The first-order chi connectivity index (χ1) is 20.1. The number of rotatable bonds is 12. The standard InChI is InChI=1S/C30H32BrClF3N3O4S/c1-4-5-16-36-29(40)21(3)37(18-22-8-10-23(31)11-9-22)28(39)19-38(43(41,42)25-13-6-20(2)7-14-25)24-12-15-27(32)26(17-24)30(33,34)35/h6-15,17,21H,4-5,16,18-19H2,1-3H3,(H,36,40)/t21-/m0/s1. The van der Waals surface area contributed by atoms with Crippen LogP contribution in [0.25, 0.3) is 0 Å². The van der Waals surface area contributed by atoms with Gasteiger partial charge in [0.05, 0.1) is 21.2 Å². The van der Waals surface area contributed by atoms with Crippen LogP contribution < -0.4 is 9.62 Å². The van der Waals surface area contributed by atoms with Crippen molar-refractivity contribution in [3.63, 3.8) is 0 Å². The topological polar surface area (TPSA) is 86.8 Å². The Bertz CT molecular complexity index is 1540. The van der Waals surface area contributed by atoms with Gasteiger partial charge in [-0.3, -0.25) is 13.9 Å². The second kappa shape index (κ2) is 14.6. The Morgan fingerprint density at radius 3 is 2.23 bits per heavy atom. The lowest BCUT2D eigenvalue weighted by Gasteiger charge is -2.32. The molecule has 7 nitrogen and oxygen atoms in total. The van der Waals surface area contributed by atoms with Gasteiger partial charge in [-0.05, 0) is 68.3 Å². The van der Waals surface area contributed by atoms with Crippen molar-refractivity contribution in [2.24, 2.45) is 0 Å². The summed E-state index contributed by atoms with van der Waals surface area (Å²) in [6.45, 7) is 4.68. The molecule has 1 atom stereocenters. The number of nitrogens with one attached hydrogen (secondary N) is 1. The van der Waals surface area contributed by atoms with E-state index in [-0.39, 0.29) is 11.4 Å². The minimum atomic E-state index is -4.88. The Labute approximate surface area is 263 Å². The zero-order valence-electron chi connectivity index (χ0n) is 23.8. The molecule has 2 amide bonds. The maximum absolute atomic E-state index is 13.9. The normalized spacial score (nSPS) is 12.5. The number of halogens is 5. The van der Waals surface area contributed by atoms with Crippen LogP contribution in [0, 0.1) is 6.92 Å². The number of hydrogen-bond acceptors (Lipinski definition) is 4. The van der Waals surface area contributed by atoms with Gasteiger partial charge in [-0.2, -0.15) is 13.2 Å². The number of benzene rings is 3. The molecule has 0 radical (unpaired) electrons. The molecule has 0 fully saturated rings. The molecule has 0 saturated carbocycles. The van der Waals surface area contributed by atoms with Gasteiger partial charge in [0.15, 0.2) is 0 Å². The lowest BCUT2D eigenvalue weighted by atomic mass is 10.1. The predicted octanol–water partition coefficient (Wildman–Crippen LogP) is 6.96. The van der Waals surface area contributed by atoms with Crippen LogP contribution in [0.2, 0.25) is 5.02 Å². The van der Waals surface area contributed by atoms with Gasteiger partial charge in [0.1, 0.15) is 12.6 Å².